The Hall–Kier alpha value is -3.49. The molecule has 0 amide bonds. The van der Waals surface area contributed by atoms with Gasteiger partial charge in [-0.15, -0.1) is 0 Å². The smallest absolute Gasteiger partial charge is 0.231 e. The second-order valence-corrected chi connectivity index (χ2v) is 8.98. The molecule has 0 aliphatic carbocycles. The number of ether oxygens (including phenoxy) is 6. The first-order valence-electron chi connectivity index (χ1n) is 10.9. The van der Waals surface area contributed by atoms with Crippen LogP contribution >= 0.6 is 15.9 Å². The highest BCUT2D eigenvalue weighted by Crippen LogP contribution is 2.41. The summed E-state index contributed by atoms with van der Waals surface area (Å²) < 4.78 is 34.9. The number of halogens is 1. The van der Waals surface area contributed by atoms with Crippen molar-refractivity contribution in [3.63, 3.8) is 0 Å². The summed E-state index contributed by atoms with van der Waals surface area (Å²) in [7, 11) is 3.16. The van der Waals surface area contributed by atoms with Gasteiger partial charge < -0.3 is 28.4 Å². The number of allylic oxidation sites excluding steroid dienone is 1. The lowest BCUT2D eigenvalue weighted by molar-refractivity contribution is -0.0176. The second-order valence-electron chi connectivity index (χ2n) is 8.07. The monoisotopic (exact) mass is 538 g/mol. The average Bonchev–Trinajstić information content (AvgIpc) is 3.19. The van der Waals surface area contributed by atoms with E-state index in [1.807, 2.05) is 19.1 Å². The van der Waals surface area contributed by atoms with Gasteiger partial charge in [-0.1, -0.05) is 15.9 Å². The molecule has 5 rings (SSSR count). The van der Waals surface area contributed by atoms with Crippen molar-refractivity contribution in [2.45, 2.75) is 20.1 Å². The van der Waals surface area contributed by atoms with Crippen molar-refractivity contribution in [1.29, 1.82) is 0 Å². The third kappa shape index (κ3) is 4.47. The van der Waals surface area contributed by atoms with Gasteiger partial charge in [-0.25, -0.2) is 0 Å². The minimum Gasteiger partial charge on any atom is -0.497 e. The normalized spacial score (nSPS) is 15.2. The van der Waals surface area contributed by atoms with Crippen LogP contribution in [-0.2, 0) is 18.0 Å². The van der Waals surface area contributed by atoms with Gasteiger partial charge in [0.25, 0.3) is 0 Å². The van der Waals surface area contributed by atoms with E-state index in [1.165, 1.54) is 0 Å². The Morgan fingerprint density at radius 2 is 1.86 bits per heavy atom. The number of carbonyl (C=O) groups excluding carboxylic acids is 1. The molecule has 8 heteroatoms. The summed E-state index contributed by atoms with van der Waals surface area (Å²) in [5, 5.41) is 0. The Bertz CT molecular complexity index is 1350. The summed E-state index contributed by atoms with van der Waals surface area (Å²) in [6, 6.07) is 12.8. The van der Waals surface area contributed by atoms with E-state index in [9.17, 15) is 4.79 Å². The van der Waals surface area contributed by atoms with E-state index in [-0.39, 0.29) is 18.3 Å². The summed E-state index contributed by atoms with van der Waals surface area (Å²) in [5.74, 6) is 3.16. The third-order valence-corrected chi connectivity index (χ3v) is 6.35. The molecule has 2 aliphatic heterocycles. The van der Waals surface area contributed by atoms with Crippen LogP contribution in [0, 0.1) is 6.92 Å². The Labute approximate surface area is 211 Å². The quantitative estimate of drug-likeness (QED) is 0.365. The molecule has 2 aliphatic rings. The van der Waals surface area contributed by atoms with Gasteiger partial charge in [-0.2, -0.15) is 0 Å². The largest absolute Gasteiger partial charge is 0.497 e. The third-order valence-electron chi connectivity index (χ3n) is 5.89. The summed E-state index contributed by atoms with van der Waals surface area (Å²) in [6.07, 6.45) is 1.66. The van der Waals surface area contributed by atoms with Crippen molar-refractivity contribution < 1.29 is 33.2 Å². The van der Waals surface area contributed by atoms with Crippen LogP contribution in [0.2, 0.25) is 0 Å². The molecule has 0 N–H and O–H groups in total. The average molecular weight is 539 g/mol. The number of carbonyl (C=O) groups is 1. The fourth-order valence-electron chi connectivity index (χ4n) is 4.14. The van der Waals surface area contributed by atoms with Crippen LogP contribution in [0.4, 0.5) is 0 Å². The van der Waals surface area contributed by atoms with Gasteiger partial charge in [0.2, 0.25) is 5.78 Å². The van der Waals surface area contributed by atoms with Gasteiger partial charge >= 0.3 is 0 Å². The van der Waals surface area contributed by atoms with E-state index in [4.69, 9.17) is 28.4 Å². The number of benzene rings is 3. The minimum absolute atomic E-state index is 0.200. The van der Waals surface area contributed by atoms with Crippen molar-refractivity contribution in [3.8, 4) is 28.7 Å². The summed E-state index contributed by atoms with van der Waals surface area (Å²) in [6.45, 7) is 2.86. The molecule has 0 atom stereocenters. The lowest BCUT2D eigenvalue weighted by Crippen LogP contribution is -2.14. The SMILES string of the molecule is COc1ccc(OC)c(/C=C2\Oc3c(ccc(OCc4cc(Br)cc5c4OCOC5)c3C)C2=O)c1. The topological polar surface area (TPSA) is 72.5 Å². The fourth-order valence-corrected chi connectivity index (χ4v) is 4.69. The summed E-state index contributed by atoms with van der Waals surface area (Å²) in [5.41, 5.74) is 3.78. The van der Waals surface area contributed by atoms with E-state index >= 15 is 0 Å². The zero-order valence-corrected chi connectivity index (χ0v) is 21.1. The molecule has 0 aromatic heterocycles. The van der Waals surface area contributed by atoms with Gasteiger partial charge in [-0.3, -0.25) is 4.79 Å². The lowest BCUT2D eigenvalue weighted by Gasteiger charge is -2.21. The summed E-state index contributed by atoms with van der Waals surface area (Å²) >= 11 is 3.53. The Morgan fingerprint density at radius 1 is 1.03 bits per heavy atom. The number of hydrogen-bond acceptors (Lipinski definition) is 7. The predicted octanol–water partition coefficient (Wildman–Crippen LogP) is 5.84. The molecule has 3 aromatic carbocycles. The lowest BCUT2D eigenvalue weighted by atomic mass is 10.1. The van der Waals surface area contributed by atoms with Crippen molar-refractivity contribution in [2.24, 2.45) is 0 Å². The number of ketones is 1. The van der Waals surface area contributed by atoms with E-state index < -0.39 is 0 Å². The molecule has 0 radical (unpaired) electrons. The molecule has 0 fully saturated rings. The Morgan fingerprint density at radius 3 is 2.66 bits per heavy atom. The number of rotatable bonds is 6. The molecule has 0 bridgehead atoms. The molecule has 35 heavy (non-hydrogen) atoms. The molecule has 0 spiro atoms. The van der Waals surface area contributed by atoms with Gasteiger partial charge in [0.15, 0.2) is 12.6 Å². The number of methoxy groups -OCH3 is 2. The van der Waals surface area contributed by atoms with Crippen LogP contribution in [-0.4, -0.2) is 26.8 Å². The van der Waals surface area contributed by atoms with E-state index in [0.29, 0.717) is 47.3 Å². The predicted molar refractivity (Wildman–Crippen MR) is 132 cm³/mol. The molecule has 3 aromatic rings. The second kappa shape index (κ2) is 9.64. The maximum atomic E-state index is 13.1. The molecule has 0 unspecified atom stereocenters. The highest BCUT2D eigenvalue weighted by atomic mass is 79.9. The first-order chi connectivity index (χ1) is 17.0. The van der Waals surface area contributed by atoms with Crippen LogP contribution in [0.5, 0.6) is 28.7 Å². The molecule has 2 heterocycles. The van der Waals surface area contributed by atoms with Crippen molar-refractivity contribution >= 4 is 27.8 Å². The zero-order valence-electron chi connectivity index (χ0n) is 19.5. The maximum absolute atomic E-state index is 13.1. The van der Waals surface area contributed by atoms with Gasteiger partial charge in [0.05, 0.1) is 26.4 Å². The molecule has 7 nitrogen and oxygen atoms in total. The zero-order chi connectivity index (χ0) is 24.5. The van der Waals surface area contributed by atoms with Crippen molar-refractivity contribution in [3.05, 3.63) is 80.5 Å². The molecular formula is C27H23BrO7. The van der Waals surface area contributed by atoms with Gasteiger partial charge in [0.1, 0.15) is 35.4 Å². The van der Waals surface area contributed by atoms with E-state index in [2.05, 4.69) is 15.9 Å². The number of Topliss-reactive ketones (excluding diaryl/α,β-unsaturated/α-hetero) is 1. The van der Waals surface area contributed by atoms with Crippen LogP contribution in [0.1, 0.15) is 32.6 Å². The van der Waals surface area contributed by atoms with Crippen LogP contribution in [0.25, 0.3) is 6.08 Å². The van der Waals surface area contributed by atoms with Crippen LogP contribution < -0.4 is 23.7 Å². The number of hydrogen-bond donors (Lipinski definition) is 0. The summed E-state index contributed by atoms with van der Waals surface area (Å²) in [4.78, 5) is 13.1. The first kappa shape index (κ1) is 23.3. The van der Waals surface area contributed by atoms with Crippen molar-refractivity contribution in [1.82, 2.24) is 0 Å². The minimum atomic E-state index is -0.200. The highest BCUT2D eigenvalue weighted by Gasteiger charge is 2.30. The van der Waals surface area contributed by atoms with Crippen molar-refractivity contribution in [2.75, 3.05) is 21.0 Å². The van der Waals surface area contributed by atoms with Crippen LogP contribution in [0.15, 0.2) is 52.7 Å². The van der Waals surface area contributed by atoms with Gasteiger partial charge in [0, 0.05) is 26.7 Å². The molecule has 0 saturated carbocycles. The molecular weight excluding hydrogens is 516 g/mol. The number of fused-ring (bicyclic) bond motifs is 2. The highest BCUT2D eigenvalue weighted by molar-refractivity contribution is 9.10. The molecule has 0 saturated heterocycles. The van der Waals surface area contributed by atoms with Gasteiger partial charge in [-0.05, 0) is 55.5 Å². The van der Waals surface area contributed by atoms with Crippen LogP contribution in [0.3, 0.4) is 0 Å². The fraction of sp³-hybridized carbons (Fsp3) is 0.222. The Kier molecular flexibility index (Phi) is 6.40. The first-order valence-corrected chi connectivity index (χ1v) is 11.7. The van der Waals surface area contributed by atoms with E-state index in [1.54, 1.807) is 50.6 Å². The van der Waals surface area contributed by atoms with E-state index in [0.717, 1.165) is 26.9 Å². The standard InChI is InChI=1S/C27H23BrO7/c1-15-22(33-13-18-9-19(28)8-17-12-32-14-34-27(17)18)7-5-21-25(29)24(35-26(15)21)11-16-10-20(30-2)4-6-23(16)31-3/h4-11H,12-14H2,1-3H3/b24-11-. The Balaban J connectivity index is 1.41. The maximum Gasteiger partial charge on any atom is 0.231 e. The molecule has 180 valence electrons.